The summed E-state index contributed by atoms with van der Waals surface area (Å²) < 4.78 is 4.80. The summed E-state index contributed by atoms with van der Waals surface area (Å²) in [5.74, 6) is 0.714. The Kier molecular flexibility index (Phi) is 6.67. The molecule has 0 bridgehead atoms. The van der Waals surface area contributed by atoms with Crippen molar-refractivity contribution < 1.29 is 14.3 Å². The SMILES string of the molecule is CN=C(NCC(=O)N1CCCCC1)N1CCC(C(=O)OC)CC1. The minimum absolute atomic E-state index is 0.0238. The summed E-state index contributed by atoms with van der Waals surface area (Å²) in [7, 11) is 3.15. The normalized spacial score (nSPS) is 20.3. The van der Waals surface area contributed by atoms with Gasteiger partial charge in [0.15, 0.2) is 5.96 Å². The number of nitrogens with zero attached hydrogens (tertiary/aromatic N) is 3. The van der Waals surface area contributed by atoms with Crippen LogP contribution in [0, 0.1) is 5.92 Å². The molecule has 2 fully saturated rings. The molecule has 2 saturated heterocycles. The molecule has 0 atom stereocenters. The lowest BCUT2D eigenvalue weighted by Crippen LogP contribution is -2.50. The predicted octanol–water partition coefficient (Wildman–Crippen LogP) is 0.459. The average Bonchev–Trinajstić information content (AvgIpc) is 2.62. The van der Waals surface area contributed by atoms with Gasteiger partial charge in [-0.15, -0.1) is 0 Å². The number of aliphatic imine (C=N–C) groups is 1. The number of ether oxygens (including phenoxy) is 1. The zero-order valence-electron chi connectivity index (χ0n) is 14.2. The molecule has 2 heterocycles. The van der Waals surface area contributed by atoms with E-state index in [9.17, 15) is 9.59 Å². The maximum Gasteiger partial charge on any atom is 0.308 e. The van der Waals surface area contributed by atoms with E-state index in [0.29, 0.717) is 0 Å². The molecule has 0 spiro atoms. The Balaban J connectivity index is 1.77. The van der Waals surface area contributed by atoms with E-state index >= 15 is 0 Å². The molecule has 23 heavy (non-hydrogen) atoms. The number of carbonyl (C=O) groups is 2. The van der Waals surface area contributed by atoms with E-state index in [1.807, 2.05) is 4.90 Å². The molecular formula is C16H28N4O3. The van der Waals surface area contributed by atoms with E-state index in [-0.39, 0.29) is 24.3 Å². The Bertz CT molecular complexity index is 439. The number of rotatable bonds is 3. The molecule has 130 valence electrons. The van der Waals surface area contributed by atoms with Crippen LogP contribution in [-0.4, -0.2) is 74.5 Å². The number of esters is 1. The fourth-order valence-electron chi connectivity index (χ4n) is 3.24. The van der Waals surface area contributed by atoms with E-state index in [0.717, 1.165) is 57.8 Å². The van der Waals surface area contributed by atoms with Gasteiger partial charge in [-0.2, -0.15) is 0 Å². The Morgan fingerprint density at radius 3 is 2.30 bits per heavy atom. The summed E-state index contributed by atoms with van der Waals surface area (Å²) in [5, 5.41) is 3.16. The van der Waals surface area contributed by atoms with Crippen molar-refractivity contribution in [3.8, 4) is 0 Å². The molecule has 2 aliphatic rings. The van der Waals surface area contributed by atoms with Crippen LogP contribution in [-0.2, 0) is 14.3 Å². The summed E-state index contributed by atoms with van der Waals surface area (Å²) >= 11 is 0. The van der Waals surface area contributed by atoms with Gasteiger partial charge in [0, 0.05) is 33.2 Å². The standard InChI is InChI=1S/C16H28N4O3/c1-17-16(18-12-14(21)19-8-4-3-5-9-19)20-10-6-13(7-11-20)15(22)23-2/h13H,3-12H2,1-2H3,(H,17,18). The van der Waals surface area contributed by atoms with Gasteiger partial charge >= 0.3 is 5.97 Å². The quantitative estimate of drug-likeness (QED) is 0.464. The molecule has 0 aromatic rings. The van der Waals surface area contributed by atoms with Gasteiger partial charge in [0.1, 0.15) is 0 Å². The molecule has 2 aliphatic heterocycles. The fourth-order valence-corrected chi connectivity index (χ4v) is 3.24. The summed E-state index contributed by atoms with van der Waals surface area (Å²) in [6.45, 7) is 3.51. The van der Waals surface area contributed by atoms with Crippen LogP contribution < -0.4 is 5.32 Å². The number of hydrogen-bond acceptors (Lipinski definition) is 4. The second-order valence-corrected chi connectivity index (χ2v) is 6.13. The topological polar surface area (TPSA) is 74.2 Å². The molecule has 0 saturated carbocycles. The van der Waals surface area contributed by atoms with E-state index < -0.39 is 0 Å². The molecule has 1 N–H and O–H groups in total. The molecule has 2 rings (SSSR count). The van der Waals surface area contributed by atoms with E-state index in [4.69, 9.17) is 4.74 Å². The number of guanidine groups is 1. The first-order chi connectivity index (χ1) is 11.2. The number of nitrogens with one attached hydrogen (secondary N) is 1. The Morgan fingerprint density at radius 2 is 1.74 bits per heavy atom. The monoisotopic (exact) mass is 324 g/mol. The number of likely N-dealkylation sites (tertiary alicyclic amines) is 2. The summed E-state index contributed by atoms with van der Waals surface area (Å²) in [6, 6.07) is 0. The lowest BCUT2D eigenvalue weighted by Gasteiger charge is -2.33. The highest BCUT2D eigenvalue weighted by Gasteiger charge is 2.27. The van der Waals surface area contributed by atoms with Crippen LogP contribution in [0.1, 0.15) is 32.1 Å². The van der Waals surface area contributed by atoms with Gasteiger partial charge in [0.2, 0.25) is 5.91 Å². The summed E-state index contributed by atoms with van der Waals surface area (Å²) in [4.78, 5) is 32.1. The van der Waals surface area contributed by atoms with Crippen molar-refractivity contribution in [2.24, 2.45) is 10.9 Å². The van der Waals surface area contributed by atoms with Crippen LogP contribution in [0.5, 0.6) is 0 Å². The number of piperidine rings is 2. The largest absolute Gasteiger partial charge is 0.469 e. The summed E-state index contributed by atoms with van der Waals surface area (Å²) in [6.07, 6.45) is 4.93. The van der Waals surface area contributed by atoms with Crippen molar-refractivity contribution in [1.29, 1.82) is 0 Å². The second kappa shape index (κ2) is 8.74. The van der Waals surface area contributed by atoms with Crippen molar-refractivity contribution in [2.45, 2.75) is 32.1 Å². The molecule has 7 heteroatoms. The van der Waals surface area contributed by atoms with Gasteiger partial charge in [0.05, 0.1) is 19.6 Å². The highest BCUT2D eigenvalue weighted by molar-refractivity contribution is 5.86. The van der Waals surface area contributed by atoms with Crippen LogP contribution in [0.3, 0.4) is 0 Å². The van der Waals surface area contributed by atoms with Gasteiger partial charge in [-0.1, -0.05) is 0 Å². The maximum atomic E-state index is 12.2. The third-order valence-electron chi connectivity index (χ3n) is 4.65. The molecular weight excluding hydrogens is 296 g/mol. The third-order valence-corrected chi connectivity index (χ3v) is 4.65. The highest BCUT2D eigenvalue weighted by atomic mass is 16.5. The minimum Gasteiger partial charge on any atom is -0.469 e. The lowest BCUT2D eigenvalue weighted by molar-refractivity contribution is -0.146. The number of hydrogen-bond donors (Lipinski definition) is 1. The summed E-state index contributed by atoms with van der Waals surface area (Å²) in [5.41, 5.74) is 0. The second-order valence-electron chi connectivity index (χ2n) is 6.13. The first-order valence-corrected chi connectivity index (χ1v) is 8.47. The lowest BCUT2D eigenvalue weighted by atomic mass is 9.97. The molecule has 0 aliphatic carbocycles. The molecule has 0 aromatic heterocycles. The van der Waals surface area contributed by atoms with Crippen molar-refractivity contribution >= 4 is 17.8 Å². The third kappa shape index (κ3) is 4.84. The molecule has 0 unspecified atom stereocenters. The predicted molar refractivity (Wildman–Crippen MR) is 88.1 cm³/mol. The Hall–Kier alpha value is -1.79. The molecule has 7 nitrogen and oxygen atoms in total. The zero-order valence-corrected chi connectivity index (χ0v) is 14.2. The van der Waals surface area contributed by atoms with Gasteiger partial charge in [-0.05, 0) is 32.1 Å². The first kappa shape index (κ1) is 17.6. The van der Waals surface area contributed by atoms with Crippen LogP contribution >= 0.6 is 0 Å². The van der Waals surface area contributed by atoms with Crippen molar-refractivity contribution in [3.63, 3.8) is 0 Å². The van der Waals surface area contributed by atoms with Crippen LogP contribution in [0.2, 0.25) is 0 Å². The molecule has 1 amide bonds. The van der Waals surface area contributed by atoms with Crippen molar-refractivity contribution in [3.05, 3.63) is 0 Å². The van der Waals surface area contributed by atoms with E-state index in [2.05, 4.69) is 15.2 Å². The van der Waals surface area contributed by atoms with Crippen LogP contribution in [0.15, 0.2) is 4.99 Å². The highest BCUT2D eigenvalue weighted by Crippen LogP contribution is 2.18. The number of methoxy groups -OCH3 is 1. The smallest absolute Gasteiger partial charge is 0.308 e. The fraction of sp³-hybridized carbons (Fsp3) is 0.812. The average molecular weight is 324 g/mol. The van der Waals surface area contributed by atoms with Crippen molar-refractivity contribution in [1.82, 2.24) is 15.1 Å². The van der Waals surface area contributed by atoms with Gasteiger partial charge in [-0.3, -0.25) is 14.6 Å². The number of carbonyl (C=O) groups excluding carboxylic acids is 2. The Morgan fingerprint density at radius 1 is 1.09 bits per heavy atom. The number of amides is 1. The molecule has 0 radical (unpaired) electrons. The van der Waals surface area contributed by atoms with Crippen molar-refractivity contribution in [2.75, 3.05) is 46.9 Å². The minimum atomic E-state index is -0.132. The Labute approximate surface area is 138 Å². The van der Waals surface area contributed by atoms with E-state index in [1.165, 1.54) is 13.5 Å². The van der Waals surface area contributed by atoms with Gasteiger partial charge in [0.25, 0.3) is 0 Å². The van der Waals surface area contributed by atoms with Crippen LogP contribution in [0.25, 0.3) is 0 Å². The zero-order chi connectivity index (χ0) is 16.7. The maximum absolute atomic E-state index is 12.2. The van der Waals surface area contributed by atoms with Crippen LogP contribution in [0.4, 0.5) is 0 Å². The molecule has 0 aromatic carbocycles. The van der Waals surface area contributed by atoms with E-state index in [1.54, 1.807) is 7.05 Å². The van der Waals surface area contributed by atoms with Gasteiger partial charge < -0.3 is 19.9 Å². The first-order valence-electron chi connectivity index (χ1n) is 8.47. The van der Waals surface area contributed by atoms with Gasteiger partial charge in [-0.25, -0.2) is 0 Å².